The van der Waals surface area contributed by atoms with Gasteiger partial charge in [-0.2, -0.15) is 9.97 Å². The number of imidazole rings is 1. The highest BCUT2D eigenvalue weighted by molar-refractivity contribution is 5.84. The number of para-hydroxylation sites is 1. The number of nitrogens with one attached hydrogen (secondary N) is 1. The number of benzene rings is 1. The Morgan fingerprint density at radius 1 is 0.951 bits per heavy atom. The highest BCUT2D eigenvalue weighted by Gasteiger charge is 2.28. The number of likely N-dealkylation sites (tertiary alicyclic amines) is 1. The maximum atomic E-state index is 14.4. The van der Waals surface area contributed by atoms with Crippen LogP contribution in [0, 0.1) is 5.92 Å². The van der Waals surface area contributed by atoms with Crippen LogP contribution >= 0.6 is 0 Å². The van der Waals surface area contributed by atoms with Gasteiger partial charge >= 0.3 is 0 Å². The standard InChI is InChI=1S/C29H39F2N7O3/c1-2-41-23-5-3-4-22-26(23)35-28(27(30)31)38(22)25-18-24(37-12-16-40-17-13-37)33-29(34-25)32-19-20-6-10-36(11-7-20)21-8-14-39-15-9-21/h3-5,18,20-21,27H,2,6-17,19H2,1H3,(H,32,33,34). The van der Waals surface area contributed by atoms with Crippen molar-refractivity contribution in [1.82, 2.24) is 24.4 Å². The summed E-state index contributed by atoms with van der Waals surface area (Å²) in [6, 6.07) is 7.70. The van der Waals surface area contributed by atoms with Crippen LogP contribution in [-0.4, -0.2) is 96.2 Å². The second kappa shape index (κ2) is 12.8. The number of morpholine rings is 1. The molecule has 1 aromatic carbocycles. The maximum absolute atomic E-state index is 14.4. The largest absolute Gasteiger partial charge is 0.492 e. The molecule has 0 saturated carbocycles. The van der Waals surface area contributed by atoms with Crippen LogP contribution in [0.25, 0.3) is 16.9 Å². The molecule has 0 spiro atoms. The van der Waals surface area contributed by atoms with Crippen LogP contribution < -0.4 is 15.0 Å². The van der Waals surface area contributed by atoms with Crippen LogP contribution in [0.1, 0.15) is 44.9 Å². The molecule has 222 valence electrons. The van der Waals surface area contributed by atoms with E-state index in [4.69, 9.17) is 24.2 Å². The second-order valence-electron chi connectivity index (χ2n) is 10.9. The van der Waals surface area contributed by atoms with Gasteiger partial charge in [0, 0.05) is 45.0 Å². The minimum Gasteiger partial charge on any atom is -0.492 e. The Labute approximate surface area is 239 Å². The molecule has 0 unspecified atom stereocenters. The number of aromatic nitrogens is 4. The first kappa shape index (κ1) is 28.0. The Hall–Kier alpha value is -3.09. The predicted molar refractivity (Wildman–Crippen MR) is 152 cm³/mol. The summed E-state index contributed by atoms with van der Waals surface area (Å²) in [4.78, 5) is 18.6. The van der Waals surface area contributed by atoms with Crippen molar-refractivity contribution < 1.29 is 23.0 Å². The summed E-state index contributed by atoms with van der Waals surface area (Å²) in [5.41, 5.74) is 0.909. The summed E-state index contributed by atoms with van der Waals surface area (Å²) in [6.07, 6.45) is 1.63. The van der Waals surface area contributed by atoms with E-state index in [1.165, 1.54) is 4.57 Å². The summed E-state index contributed by atoms with van der Waals surface area (Å²) in [6.45, 7) is 9.38. The molecular formula is C29H39F2N7O3. The van der Waals surface area contributed by atoms with Gasteiger partial charge in [0.2, 0.25) is 5.95 Å². The molecule has 0 amide bonds. The highest BCUT2D eigenvalue weighted by atomic mass is 19.3. The molecule has 3 saturated heterocycles. The maximum Gasteiger partial charge on any atom is 0.296 e. The number of nitrogens with zero attached hydrogens (tertiary/aromatic N) is 6. The normalized spacial score (nSPS) is 19.8. The van der Waals surface area contributed by atoms with Crippen molar-refractivity contribution >= 4 is 22.8 Å². The molecule has 0 radical (unpaired) electrons. The number of rotatable bonds is 9. The average molecular weight is 572 g/mol. The number of anilines is 2. The van der Waals surface area contributed by atoms with Gasteiger partial charge in [-0.3, -0.25) is 4.57 Å². The Morgan fingerprint density at radius 3 is 2.41 bits per heavy atom. The van der Waals surface area contributed by atoms with Gasteiger partial charge in [0.25, 0.3) is 6.43 Å². The van der Waals surface area contributed by atoms with Crippen molar-refractivity contribution in [2.75, 3.05) is 76.0 Å². The van der Waals surface area contributed by atoms with Crippen LogP contribution in [-0.2, 0) is 9.47 Å². The van der Waals surface area contributed by atoms with Gasteiger partial charge in [0.1, 0.15) is 22.9 Å². The first-order valence-corrected chi connectivity index (χ1v) is 14.8. The van der Waals surface area contributed by atoms with E-state index in [2.05, 4.69) is 20.1 Å². The van der Waals surface area contributed by atoms with Crippen LogP contribution in [0.2, 0.25) is 0 Å². The van der Waals surface area contributed by atoms with E-state index in [-0.39, 0.29) is 5.82 Å². The molecule has 0 atom stereocenters. The quantitative estimate of drug-likeness (QED) is 0.404. The highest BCUT2D eigenvalue weighted by Crippen LogP contribution is 2.33. The third-order valence-electron chi connectivity index (χ3n) is 8.34. The fourth-order valence-corrected chi connectivity index (χ4v) is 6.13. The van der Waals surface area contributed by atoms with Crippen molar-refractivity contribution in [3.8, 4) is 11.6 Å². The van der Waals surface area contributed by atoms with Gasteiger partial charge in [0.15, 0.2) is 5.82 Å². The fraction of sp³-hybridized carbons (Fsp3) is 0.621. The Balaban J connectivity index is 1.27. The van der Waals surface area contributed by atoms with Crippen molar-refractivity contribution in [2.45, 2.75) is 45.1 Å². The SMILES string of the molecule is CCOc1cccc2c1nc(C(F)F)n2-c1cc(N2CCOCC2)nc(NCC2CCN(C3CCOCC3)CC2)n1. The average Bonchev–Trinajstić information content (AvgIpc) is 3.42. The minimum atomic E-state index is -2.80. The zero-order valence-electron chi connectivity index (χ0n) is 23.6. The molecule has 12 heteroatoms. The van der Waals surface area contributed by atoms with Gasteiger partial charge in [0.05, 0.1) is 25.3 Å². The minimum absolute atomic E-state index is 0.352. The van der Waals surface area contributed by atoms with Crippen LogP contribution in [0.5, 0.6) is 5.75 Å². The lowest BCUT2D eigenvalue weighted by atomic mass is 9.94. The predicted octanol–water partition coefficient (Wildman–Crippen LogP) is 4.29. The van der Waals surface area contributed by atoms with Crippen molar-refractivity contribution in [3.05, 3.63) is 30.1 Å². The summed E-state index contributed by atoms with van der Waals surface area (Å²) < 4.78 is 46.9. The number of fused-ring (bicyclic) bond motifs is 1. The third-order valence-corrected chi connectivity index (χ3v) is 8.34. The van der Waals surface area contributed by atoms with Gasteiger partial charge in [-0.15, -0.1) is 0 Å². The summed E-state index contributed by atoms with van der Waals surface area (Å²) in [7, 11) is 0. The molecule has 3 aliphatic heterocycles. The topological polar surface area (TPSA) is 89.8 Å². The van der Waals surface area contributed by atoms with Crippen molar-refractivity contribution in [2.24, 2.45) is 5.92 Å². The molecule has 3 aliphatic rings. The zero-order chi connectivity index (χ0) is 28.2. The van der Waals surface area contributed by atoms with Crippen LogP contribution in [0.3, 0.4) is 0 Å². The van der Waals surface area contributed by atoms with E-state index in [0.717, 1.165) is 58.5 Å². The molecular weight excluding hydrogens is 532 g/mol. The zero-order valence-corrected chi connectivity index (χ0v) is 23.6. The lowest BCUT2D eigenvalue weighted by molar-refractivity contribution is 0.0219. The molecule has 5 heterocycles. The van der Waals surface area contributed by atoms with Gasteiger partial charge in [-0.05, 0) is 63.7 Å². The van der Waals surface area contributed by atoms with E-state index >= 15 is 0 Å². The molecule has 0 bridgehead atoms. The fourth-order valence-electron chi connectivity index (χ4n) is 6.13. The van der Waals surface area contributed by atoms with Crippen LogP contribution in [0.15, 0.2) is 24.3 Å². The Bertz CT molecular complexity index is 1300. The molecule has 6 rings (SSSR count). The van der Waals surface area contributed by atoms with Gasteiger partial charge in [-0.25, -0.2) is 13.8 Å². The molecule has 1 N–H and O–H groups in total. The van der Waals surface area contributed by atoms with Gasteiger partial charge in [-0.1, -0.05) is 6.07 Å². The van der Waals surface area contributed by atoms with E-state index < -0.39 is 6.43 Å². The molecule has 41 heavy (non-hydrogen) atoms. The number of halogens is 2. The third kappa shape index (κ3) is 6.24. The lowest BCUT2D eigenvalue weighted by Crippen LogP contribution is -2.44. The molecule has 0 aliphatic carbocycles. The van der Waals surface area contributed by atoms with E-state index in [9.17, 15) is 8.78 Å². The van der Waals surface area contributed by atoms with Gasteiger partial charge < -0.3 is 29.3 Å². The Morgan fingerprint density at radius 2 is 1.68 bits per heavy atom. The monoisotopic (exact) mass is 571 g/mol. The smallest absolute Gasteiger partial charge is 0.296 e. The number of piperidine rings is 1. The summed E-state index contributed by atoms with van der Waals surface area (Å²) in [5.74, 6) is 2.05. The molecule has 3 aromatic rings. The summed E-state index contributed by atoms with van der Waals surface area (Å²) >= 11 is 0. The number of ether oxygens (including phenoxy) is 3. The Kier molecular flexibility index (Phi) is 8.78. The molecule has 2 aromatic heterocycles. The number of hydrogen-bond donors (Lipinski definition) is 1. The van der Waals surface area contributed by atoms with E-state index in [1.54, 1.807) is 24.3 Å². The first-order valence-electron chi connectivity index (χ1n) is 14.8. The second-order valence-corrected chi connectivity index (χ2v) is 10.9. The van der Waals surface area contributed by atoms with Crippen molar-refractivity contribution in [3.63, 3.8) is 0 Å². The first-order chi connectivity index (χ1) is 20.1. The number of hydrogen-bond acceptors (Lipinski definition) is 9. The van der Waals surface area contributed by atoms with Crippen molar-refractivity contribution in [1.29, 1.82) is 0 Å². The lowest BCUT2D eigenvalue weighted by Gasteiger charge is -2.39. The number of alkyl halides is 2. The summed E-state index contributed by atoms with van der Waals surface area (Å²) in [5, 5.41) is 3.45. The molecule has 10 nitrogen and oxygen atoms in total. The van der Waals surface area contributed by atoms with E-state index in [1.807, 2.05) is 6.92 Å². The van der Waals surface area contributed by atoms with E-state index in [0.29, 0.717) is 79.2 Å². The molecule has 3 fully saturated rings. The van der Waals surface area contributed by atoms with Crippen LogP contribution in [0.4, 0.5) is 20.5 Å².